The Morgan fingerprint density at radius 1 is 1.20 bits per heavy atom. The number of alkyl halides is 1. The van der Waals surface area contributed by atoms with Crippen molar-refractivity contribution in [1.82, 2.24) is 25.3 Å². The quantitative estimate of drug-likeness (QED) is 0.499. The summed E-state index contributed by atoms with van der Waals surface area (Å²) in [6.45, 7) is 2.30. The molecule has 2 aromatic heterocycles. The summed E-state index contributed by atoms with van der Waals surface area (Å²) in [5.74, 6) is 0.0302. The first-order chi connectivity index (χ1) is 16.9. The van der Waals surface area contributed by atoms with Crippen molar-refractivity contribution in [2.45, 2.75) is 49.5 Å². The molecule has 10 nitrogen and oxygen atoms in total. The summed E-state index contributed by atoms with van der Waals surface area (Å²) in [6.07, 6.45) is -1.20. The van der Waals surface area contributed by atoms with Gasteiger partial charge in [-0.15, -0.1) is 5.10 Å². The number of aromatic nitrogens is 4. The molecule has 6 atom stereocenters. The number of phenolic OH excluding ortho intramolecular Hbond substituents is 1. The van der Waals surface area contributed by atoms with Gasteiger partial charge in [0.05, 0.1) is 23.0 Å². The zero-order valence-corrected chi connectivity index (χ0v) is 20.7. The van der Waals surface area contributed by atoms with E-state index < -0.39 is 36.1 Å². The van der Waals surface area contributed by atoms with Crippen molar-refractivity contribution in [3.05, 3.63) is 36.2 Å². The van der Waals surface area contributed by atoms with E-state index >= 15 is 4.39 Å². The van der Waals surface area contributed by atoms with Crippen LogP contribution in [0.4, 0.5) is 4.39 Å². The Hall–Kier alpha value is -2.64. The van der Waals surface area contributed by atoms with E-state index in [0.29, 0.717) is 22.8 Å². The van der Waals surface area contributed by atoms with E-state index in [2.05, 4.69) is 20.6 Å². The van der Waals surface area contributed by atoms with Gasteiger partial charge < -0.3 is 29.4 Å². The third-order valence-electron chi connectivity index (χ3n) is 6.84. The highest BCUT2D eigenvalue weighted by molar-refractivity contribution is 7.16. The summed E-state index contributed by atoms with van der Waals surface area (Å²) >= 11 is 1.13. The van der Waals surface area contributed by atoms with E-state index in [1.54, 1.807) is 31.0 Å². The molecule has 2 bridgehead atoms. The van der Waals surface area contributed by atoms with Crippen molar-refractivity contribution >= 4 is 11.3 Å². The van der Waals surface area contributed by atoms with E-state index in [4.69, 9.17) is 18.9 Å². The number of hydrogen-bond acceptors (Lipinski definition) is 10. The van der Waals surface area contributed by atoms with Crippen LogP contribution in [0.25, 0.3) is 16.3 Å². The standard InChI is InChI=1S/C23H28FN5O5S/c1-12-7-8-29(28-12)13-5-6-14(15(30)9-13)21-26-27-22(35-21)34-16-10-23(33-4)11-25-18(17(16)24)19(31-2)20(23)32-3/h5-9,16-20,25,30H,10-11H2,1-4H3. The van der Waals surface area contributed by atoms with E-state index in [0.717, 1.165) is 17.0 Å². The number of rotatable bonds is 7. The third-order valence-corrected chi connectivity index (χ3v) is 7.69. The van der Waals surface area contributed by atoms with Crippen LogP contribution in [0.3, 0.4) is 0 Å². The second-order valence-electron chi connectivity index (χ2n) is 8.81. The third kappa shape index (κ3) is 4.19. The normalized spacial score (nSPS) is 30.4. The van der Waals surface area contributed by atoms with Crippen LogP contribution < -0.4 is 10.1 Å². The number of hydrogen-bond donors (Lipinski definition) is 2. The van der Waals surface area contributed by atoms with E-state index in [9.17, 15) is 5.11 Å². The molecule has 2 N–H and O–H groups in total. The van der Waals surface area contributed by atoms with Crippen molar-refractivity contribution in [1.29, 1.82) is 0 Å². The van der Waals surface area contributed by atoms with Crippen LogP contribution in [0.15, 0.2) is 30.5 Å². The van der Waals surface area contributed by atoms with Gasteiger partial charge in [-0.25, -0.2) is 9.07 Å². The number of aryl methyl sites for hydroxylation is 1. The van der Waals surface area contributed by atoms with Gasteiger partial charge in [0.15, 0.2) is 11.2 Å². The van der Waals surface area contributed by atoms with E-state index in [1.807, 2.05) is 25.3 Å². The molecule has 3 aliphatic rings. The van der Waals surface area contributed by atoms with Crippen molar-refractivity contribution < 1.29 is 28.4 Å². The molecule has 6 unspecified atom stereocenters. The summed E-state index contributed by atoms with van der Waals surface area (Å²) in [5, 5.41) is 27.1. The van der Waals surface area contributed by atoms with E-state index in [1.165, 1.54) is 7.11 Å². The molecule has 3 fully saturated rings. The van der Waals surface area contributed by atoms with Crippen LogP contribution in [-0.2, 0) is 14.2 Å². The van der Waals surface area contributed by atoms with Crippen LogP contribution in [0.5, 0.6) is 10.9 Å². The molecule has 188 valence electrons. The first-order valence-electron chi connectivity index (χ1n) is 11.2. The second-order valence-corrected chi connectivity index (χ2v) is 9.75. The van der Waals surface area contributed by atoms with Gasteiger partial charge in [-0.3, -0.25) is 0 Å². The van der Waals surface area contributed by atoms with Crippen molar-refractivity contribution in [3.63, 3.8) is 0 Å². The maximum Gasteiger partial charge on any atom is 0.294 e. The molecule has 2 aliphatic heterocycles. The van der Waals surface area contributed by atoms with Gasteiger partial charge in [0.25, 0.3) is 5.19 Å². The fraction of sp³-hybridized carbons (Fsp3) is 0.522. The van der Waals surface area contributed by atoms with Gasteiger partial charge in [-0.05, 0) is 25.1 Å². The largest absolute Gasteiger partial charge is 0.507 e. The lowest BCUT2D eigenvalue weighted by Crippen LogP contribution is -2.67. The summed E-state index contributed by atoms with van der Waals surface area (Å²) < 4.78 is 40.5. The summed E-state index contributed by atoms with van der Waals surface area (Å²) in [6, 6.07) is 6.42. The smallest absolute Gasteiger partial charge is 0.294 e. The van der Waals surface area contributed by atoms with Gasteiger partial charge in [-0.2, -0.15) is 5.10 Å². The van der Waals surface area contributed by atoms with Crippen LogP contribution in [0, 0.1) is 6.92 Å². The zero-order chi connectivity index (χ0) is 24.7. The molecule has 1 saturated carbocycles. The fourth-order valence-electron chi connectivity index (χ4n) is 5.06. The van der Waals surface area contributed by atoms with Crippen LogP contribution in [0.1, 0.15) is 12.1 Å². The first kappa shape index (κ1) is 24.1. The molecule has 1 aromatic carbocycles. The monoisotopic (exact) mass is 505 g/mol. The Balaban J connectivity index is 1.38. The number of aromatic hydroxyl groups is 1. The van der Waals surface area contributed by atoms with Crippen LogP contribution >= 0.6 is 11.3 Å². The minimum absolute atomic E-state index is 0.0302. The average Bonchev–Trinajstić information content (AvgIpc) is 3.46. The molecule has 1 aliphatic carbocycles. The predicted molar refractivity (Wildman–Crippen MR) is 126 cm³/mol. The Bertz CT molecular complexity index is 1190. The summed E-state index contributed by atoms with van der Waals surface area (Å²) in [4.78, 5) is 0. The van der Waals surface area contributed by atoms with Crippen molar-refractivity contribution in [3.8, 4) is 27.2 Å². The molecular formula is C23H28FN5O5S. The SMILES string of the molecule is COC1C2NCC(OC)(CC(Oc3nnc(-c4ccc(-n5ccc(C)n5)cc4O)s3)C2F)C1OC. The maximum atomic E-state index is 15.7. The van der Waals surface area contributed by atoms with Gasteiger partial charge >= 0.3 is 0 Å². The molecule has 6 rings (SSSR count). The number of ether oxygens (including phenoxy) is 4. The highest BCUT2D eigenvalue weighted by Crippen LogP contribution is 2.41. The Morgan fingerprint density at radius 2 is 2.03 bits per heavy atom. The lowest BCUT2D eigenvalue weighted by Gasteiger charge is -2.46. The summed E-state index contributed by atoms with van der Waals surface area (Å²) in [7, 11) is 4.69. The van der Waals surface area contributed by atoms with Crippen LogP contribution in [0.2, 0.25) is 0 Å². The first-order valence-corrected chi connectivity index (χ1v) is 12.0. The predicted octanol–water partition coefficient (Wildman–Crippen LogP) is 2.28. The Kier molecular flexibility index (Phi) is 6.49. The highest BCUT2D eigenvalue weighted by Gasteiger charge is 2.59. The molecule has 0 amide bonds. The molecule has 35 heavy (non-hydrogen) atoms. The number of methoxy groups -OCH3 is 3. The van der Waals surface area contributed by atoms with E-state index in [-0.39, 0.29) is 17.4 Å². The molecular weight excluding hydrogens is 477 g/mol. The number of benzene rings is 1. The lowest BCUT2D eigenvalue weighted by atomic mass is 9.85. The van der Waals surface area contributed by atoms with Gasteiger partial charge in [0, 0.05) is 46.6 Å². The minimum atomic E-state index is -1.39. The van der Waals surface area contributed by atoms with Crippen LogP contribution in [-0.4, -0.2) is 89.1 Å². The molecule has 12 heteroatoms. The van der Waals surface area contributed by atoms with Gasteiger partial charge in [-0.1, -0.05) is 16.4 Å². The van der Waals surface area contributed by atoms with Gasteiger partial charge in [0.2, 0.25) is 0 Å². The van der Waals surface area contributed by atoms with Crippen molar-refractivity contribution in [2.75, 3.05) is 27.9 Å². The Labute approximate surface area is 206 Å². The number of piperidine rings is 1. The number of nitrogens with one attached hydrogen (secondary N) is 1. The number of phenols is 1. The number of fused-ring (bicyclic) bond motifs is 4. The molecule has 0 spiro atoms. The molecule has 0 radical (unpaired) electrons. The zero-order valence-electron chi connectivity index (χ0n) is 19.8. The lowest BCUT2D eigenvalue weighted by molar-refractivity contribution is -0.186. The Morgan fingerprint density at radius 3 is 2.69 bits per heavy atom. The highest BCUT2D eigenvalue weighted by atomic mass is 32.1. The van der Waals surface area contributed by atoms with Gasteiger partial charge in [0.1, 0.15) is 29.7 Å². The van der Waals surface area contributed by atoms with Crippen molar-refractivity contribution in [2.24, 2.45) is 0 Å². The fourth-order valence-corrected chi connectivity index (χ4v) is 5.84. The second kappa shape index (κ2) is 9.43. The molecule has 3 aromatic rings. The maximum absolute atomic E-state index is 15.7. The molecule has 4 heterocycles. The number of halogens is 1. The average molecular weight is 506 g/mol. The minimum Gasteiger partial charge on any atom is -0.507 e. The molecule has 2 saturated heterocycles. The summed E-state index contributed by atoms with van der Waals surface area (Å²) in [5.41, 5.74) is 1.25. The topological polar surface area (TPSA) is 113 Å². The number of nitrogens with zero attached hydrogens (tertiary/aromatic N) is 4.